The van der Waals surface area contributed by atoms with Crippen molar-refractivity contribution >= 4 is 0 Å². The molecule has 2 rings (SSSR count). The Labute approximate surface area is 69.1 Å². The van der Waals surface area contributed by atoms with Crippen LogP contribution in [0.2, 0.25) is 0 Å². The summed E-state index contributed by atoms with van der Waals surface area (Å²) in [6.07, 6.45) is 6.09. The Morgan fingerprint density at radius 1 is 1.36 bits per heavy atom. The van der Waals surface area contributed by atoms with Crippen LogP contribution in [0.5, 0.6) is 0 Å². The van der Waals surface area contributed by atoms with E-state index in [1.165, 1.54) is 19.5 Å². The second kappa shape index (κ2) is 2.63. The van der Waals surface area contributed by atoms with Gasteiger partial charge in [-0.3, -0.25) is 0 Å². The monoisotopic (exact) mass is 151 g/mol. The molecule has 1 aliphatic carbocycles. The highest BCUT2D eigenvalue weighted by Gasteiger charge is 2.33. The molecule has 1 heteroatoms. The van der Waals surface area contributed by atoms with Crippen LogP contribution in [0.25, 0.3) is 0 Å². The van der Waals surface area contributed by atoms with Crippen molar-refractivity contribution in [2.75, 3.05) is 13.1 Å². The molecule has 1 aliphatic heterocycles. The lowest BCUT2D eigenvalue weighted by Crippen LogP contribution is -2.28. The molecule has 2 atom stereocenters. The second-order valence-electron chi connectivity index (χ2n) is 4.14. The Bertz CT molecular complexity index is 172. The van der Waals surface area contributed by atoms with Crippen LogP contribution in [0, 0.1) is 11.8 Å². The molecular formula is C10H17N. The van der Waals surface area contributed by atoms with E-state index in [1.807, 2.05) is 0 Å². The number of hydrogen-bond acceptors (Lipinski definition) is 1. The van der Waals surface area contributed by atoms with Gasteiger partial charge in [0.15, 0.2) is 0 Å². The Morgan fingerprint density at radius 3 is 2.82 bits per heavy atom. The number of allylic oxidation sites excluding steroid dienone is 1. The van der Waals surface area contributed by atoms with Crippen LogP contribution < -0.4 is 0 Å². The number of nitrogens with zero attached hydrogens (tertiary/aromatic N) is 1. The van der Waals surface area contributed by atoms with E-state index in [-0.39, 0.29) is 0 Å². The third kappa shape index (κ3) is 1.22. The van der Waals surface area contributed by atoms with Crippen molar-refractivity contribution in [3.8, 4) is 0 Å². The third-order valence-corrected chi connectivity index (χ3v) is 3.07. The summed E-state index contributed by atoms with van der Waals surface area (Å²) in [5.41, 5.74) is 0. The molecule has 0 N–H and O–H groups in total. The van der Waals surface area contributed by atoms with Gasteiger partial charge >= 0.3 is 0 Å². The molecule has 1 fully saturated rings. The molecule has 0 aromatic carbocycles. The molecule has 1 saturated heterocycles. The lowest BCUT2D eigenvalue weighted by Gasteiger charge is -2.20. The van der Waals surface area contributed by atoms with Crippen LogP contribution >= 0.6 is 0 Å². The molecule has 1 nitrogen and oxygen atoms in total. The van der Waals surface area contributed by atoms with Crippen molar-refractivity contribution in [3.63, 3.8) is 0 Å². The van der Waals surface area contributed by atoms with Crippen LogP contribution in [-0.4, -0.2) is 24.0 Å². The van der Waals surface area contributed by atoms with Crippen LogP contribution in [0.1, 0.15) is 20.3 Å². The van der Waals surface area contributed by atoms with E-state index in [9.17, 15) is 0 Å². The first-order valence-corrected chi connectivity index (χ1v) is 4.68. The number of fused-ring (bicyclic) bond motifs is 1. The van der Waals surface area contributed by atoms with Gasteiger partial charge in [0.25, 0.3) is 0 Å². The summed E-state index contributed by atoms with van der Waals surface area (Å²) in [5, 5.41) is 0. The van der Waals surface area contributed by atoms with Crippen LogP contribution in [0.15, 0.2) is 12.2 Å². The van der Waals surface area contributed by atoms with E-state index in [1.54, 1.807) is 0 Å². The molecule has 0 radical (unpaired) electrons. The molecule has 0 bridgehead atoms. The molecule has 0 aromatic heterocycles. The Morgan fingerprint density at radius 2 is 2.18 bits per heavy atom. The van der Waals surface area contributed by atoms with Gasteiger partial charge in [0.1, 0.15) is 0 Å². The van der Waals surface area contributed by atoms with E-state index in [0.717, 1.165) is 17.9 Å². The molecule has 0 unspecified atom stereocenters. The van der Waals surface area contributed by atoms with Gasteiger partial charge in [0.2, 0.25) is 0 Å². The highest BCUT2D eigenvalue weighted by atomic mass is 15.2. The van der Waals surface area contributed by atoms with Crippen molar-refractivity contribution < 1.29 is 0 Å². The smallest absolute Gasteiger partial charge is 0.00504 e. The van der Waals surface area contributed by atoms with Crippen molar-refractivity contribution in [3.05, 3.63) is 12.2 Å². The summed E-state index contributed by atoms with van der Waals surface area (Å²) >= 11 is 0. The topological polar surface area (TPSA) is 3.24 Å². The summed E-state index contributed by atoms with van der Waals surface area (Å²) in [6, 6.07) is 0.744. The van der Waals surface area contributed by atoms with Crippen LogP contribution in [0.3, 0.4) is 0 Å². The first-order chi connectivity index (χ1) is 5.27. The van der Waals surface area contributed by atoms with E-state index in [2.05, 4.69) is 30.9 Å². The minimum absolute atomic E-state index is 0.744. The second-order valence-corrected chi connectivity index (χ2v) is 4.14. The predicted octanol–water partition coefficient (Wildman–Crippen LogP) is 1.90. The van der Waals surface area contributed by atoms with Gasteiger partial charge in [0, 0.05) is 19.1 Å². The summed E-state index contributed by atoms with van der Waals surface area (Å²) in [6.45, 7) is 7.23. The van der Waals surface area contributed by atoms with Crippen LogP contribution in [-0.2, 0) is 0 Å². The Kier molecular flexibility index (Phi) is 1.76. The molecule has 62 valence electrons. The third-order valence-electron chi connectivity index (χ3n) is 3.07. The quantitative estimate of drug-likeness (QED) is 0.517. The minimum Gasteiger partial charge on any atom is -0.300 e. The zero-order valence-electron chi connectivity index (χ0n) is 7.46. The van der Waals surface area contributed by atoms with Gasteiger partial charge < -0.3 is 4.90 Å². The van der Waals surface area contributed by atoms with Crippen LogP contribution in [0.4, 0.5) is 0 Å². The highest BCUT2D eigenvalue weighted by Crippen LogP contribution is 2.33. The Hall–Kier alpha value is -0.300. The zero-order valence-corrected chi connectivity index (χ0v) is 7.46. The van der Waals surface area contributed by atoms with Crippen molar-refractivity contribution in [2.45, 2.75) is 26.3 Å². The van der Waals surface area contributed by atoms with E-state index in [0.29, 0.717) is 0 Å². The summed E-state index contributed by atoms with van der Waals surface area (Å²) < 4.78 is 0. The first-order valence-electron chi connectivity index (χ1n) is 4.68. The van der Waals surface area contributed by atoms with Gasteiger partial charge in [-0.15, -0.1) is 0 Å². The van der Waals surface area contributed by atoms with Gasteiger partial charge in [-0.1, -0.05) is 12.2 Å². The number of hydrogen-bond donors (Lipinski definition) is 0. The lowest BCUT2D eigenvalue weighted by molar-refractivity contribution is 0.262. The summed E-state index contributed by atoms with van der Waals surface area (Å²) in [7, 11) is 0. The normalized spacial score (nSPS) is 37.0. The number of likely N-dealkylation sites (tertiary alicyclic amines) is 1. The lowest BCUT2D eigenvalue weighted by atomic mass is 10.0. The molecular weight excluding hydrogens is 134 g/mol. The standard InChI is InChI=1S/C10H17N/c1-8(2)11-6-9-4-3-5-10(9)7-11/h3-4,8-10H,5-7H2,1-2H3/t9-,10+/m0/s1. The van der Waals surface area contributed by atoms with Gasteiger partial charge in [0.05, 0.1) is 0 Å². The maximum atomic E-state index is 2.60. The molecule has 2 aliphatic rings. The first kappa shape index (κ1) is 7.35. The summed E-state index contributed by atoms with van der Waals surface area (Å²) in [4.78, 5) is 2.60. The van der Waals surface area contributed by atoms with E-state index in [4.69, 9.17) is 0 Å². The average Bonchev–Trinajstić information content (AvgIpc) is 2.40. The highest BCUT2D eigenvalue weighted by molar-refractivity contribution is 5.06. The molecule has 11 heavy (non-hydrogen) atoms. The molecule has 1 heterocycles. The largest absolute Gasteiger partial charge is 0.300 e. The maximum Gasteiger partial charge on any atom is 0.00504 e. The molecule has 0 aromatic rings. The molecule has 0 amide bonds. The van der Waals surface area contributed by atoms with Gasteiger partial charge in [-0.05, 0) is 32.1 Å². The Balaban J connectivity index is 1.99. The van der Waals surface area contributed by atoms with Crippen molar-refractivity contribution in [2.24, 2.45) is 11.8 Å². The maximum absolute atomic E-state index is 2.60. The molecule has 0 spiro atoms. The number of rotatable bonds is 1. The van der Waals surface area contributed by atoms with E-state index < -0.39 is 0 Å². The fourth-order valence-corrected chi connectivity index (χ4v) is 2.25. The zero-order chi connectivity index (χ0) is 7.84. The SMILES string of the molecule is CC(C)N1C[C@H]2CC=C[C@H]2C1. The summed E-state index contributed by atoms with van der Waals surface area (Å²) in [5.74, 6) is 1.84. The average molecular weight is 151 g/mol. The van der Waals surface area contributed by atoms with Gasteiger partial charge in [-0.2, -0.15) is 0 Å². The van der Waals surface area contributed by atoms with E-state index >= 15 is 0 Å². The van der Waals surface area contributed by atoms with Crippen molar-refractivity contribution in [1.29, 1.82) is 0 Å². The minimum atomic E-state index is 0.744. The molecule has 0 saturated carbocycles. The van der Waals surface area contributed by atoms with Crippen molar-refractivity contribution in [1.82, 2.24) is 4.90 Å². The van der Waals surface area contributed by atoms with Gasteiger partial charge in [-0.25, -0.2) is 0 Å². The predicted molar refractivity (Wildman–Crippen MR) is 47.4 cm³/mol. The fraction of sp³-hybridized carbons (Fsp3) is 0.800. The fourth-order valence-electron chi connectivity index (χ4n) is 2.25.